The van der Waals surface area contributed by atoms with E-state index in [-0.39, 0.29) is 0 Å². The molecule has 0 amide bonds. The van der Waals surface area contributed by atoms with Crippen molar-refractivity contribution in [1.29, 1.82) is 0 Å². The number of fused-ring (bicyclic) bond motifs is 1. The predicted octanol–water partition coefficient (Wildman–Crippen LogP) is 4.25. The number of pyridine rings is 1. The van der Waals surface area contributed by atoms with Gasteiger partial charge >= 0.3 is 0 Å². The SMILES string of the molecule is NCc1ccc(Br)cc1Oc1ccc2cccnc2c1. The van der Waals surface area contributed by atoms with Crippen LogP contribution in [0.2, 0.25) is 0 Å². The molecule has 1 aromatic heterocycles. The summed E-state index contributed by atoms with van der Waals surface area (Å²) in [6.07, 6.45) is 1.77. The second-order valence-corrected chi connectivity index (χ2v) is 5.33. The molecule has 2 aromatic carbocycles. The van der Waals surface area contributed by atoms with E-state index in [4.69, 9.17) is 10.5 Å². The Labute approximate surface area is 125 Å². The highest BCUT2D eigenvalue weighted by molar-refractivity contribution is 9.10. The van der Waals surface area contributed by atoms with E-state index < -0.39 is 0 Å². The lowest BCUT2D eigenvalue weighted by Gasteiger charge is -2.11. The molecule has 0 saturated heterocycles. The first-order valence-corrected chi connectivity index (χ1v) is 7.07. The minimum Gasteiger partial charge on any atom is -0.457 e. The van der Waals surface area contributed by atoms with Gasteiger partial charge in [0, 0.05) is 34.2 Å². The normalized spacial score (nSPS) is 10.7. The van der Waals surface area contributed by atoms with Crippen LogP contribution in [0.15, 0.2) is 59.2 Å². The van der Waals surface area contributed by atoms with Gasteiger partial charge in [-0.25, -0.2) is 0 Å². The Kier molecular flexibility index (Phi) is 3.67. The second-order valence-electron chi connectivity index (χ2n) is 4.42. The summed E-state index contributed by atoms with van der Waals surface area (Å²) in [6, 6.07) is 15.6. The Morgan fingerprint density at radius 1 is 1.10 bits per heavy atom. The number of nitrogens with zero attached hydrogens (tertiary/aromatic N) is 1. The highest BCUT2D eigenvalue weighted by Crippen LogP contribution is 2.29. The number of ether oxygens (including phenoxy) is 1. The first-order chi connectivity index (χ1) is 9.76. The topological polar surface area (TPSA) is 48.1 Å². The molecule has 2 N–H and O–H groups in total. The largest absolute Gasteiger partial charge is 0.457 e. The lowest BCUT2D eigenvalue weighted by molar-refractivity contribution is 0.476. The Balaban J connectivity index is 1.98. The fraction of sp³-hybridized carbons (Fsp3) is 0.0625. The predicted molar refractivity (Wildman–Crippen MR) is 83.9 cm³/mol. The molecule has 1 heterocycles. The molecule has 0 aliphatic heterocycles. The number of halogens is 1. The van der Waals surface area contributed by atoms with Gasteiger partial charge in [-0.05, 0) is 30.3 Å². The highest BCUT2D eigenvalue weighted by atomic mass is 79.9. The lowest BCUT2D eigenvalue weighted by Crippen LogP contribution is -1.99. The Morgan fingerprint density at radius 3 is 2.85 bits per heavy atom. The van der Waals surface area contributed by atoms with Gasteiger partial charge in [0.25, 0.3) is 0 Å². The number of aromatic nitrogens is 1. The van der Waals surface area contributed by atoms with Gasteiger partial charge in [0.2, 0.25) is 0 Å². The van der Waals surface area contributed by atoms with Crippen molar-refractivity contribution in [2.24, 2.45) is 5.73 Å². The minimum atomic E-state index is 0.439. The van der Waals surface area contributed by atoms with Gasteiger partial charge in [-0.15, -0.1) is 0 Å². The van der Waals surface area contributed by atoms with Crippen molar-refractivity contribution in [2.75, 3.05) is 0 Å². The van der Waals surface area contributed by atoms with E-state index in [1.807, 2.05) is 48.5 Å². The van der Waals surface area contributed by atoms with E-state index in [1.54, 1.807) is 6.20 Å². The fourth-order valence-electron chi connectivity index (χ4n) is 2.03. The molecule has 0 spiro atoms. The van der Waals surface area contributed by atoms with Crippen LogP contribution in [0.25, 0.3) is 10.9 Å². The van der Waals surface area contributed by atoms with Crippen molar-refractivity contribution in [3.63, 3.8) is 0 Å². The maximum Gasteiger partial charge on any atom is 0.133 e. The monoisotopic (exact) mass is 328 g/mol. The van der Waals surface area contributed by atoms with E-state index in [2.05, 4.69) is 20.9 Å². The average molecular weight is 329 g/mol. The van der Waals surface area contributed by atoms with Gasteiger partial charge in [0.05, 0.1) is 5.52 Å². The Hall–Kier alpha value is -1.91. The summed E-state index contributed by atoms with van der Waals surface area (Å²) >= 11 is 3.45. The zero-order chi connectivity index (χ0) is 13.9. The van der Waals surface area contributed by atoms with E-state index >= 15 is 0 Å². The highest BCUT2D eigenvalue weighted by Gasteiger charge is 2.05. The van der Waals surface area contributed by atoms with Crippen molar-refractivity contribution in [3.05, 3.63) is 64.8 Å². The van der Waals surface area contributed by atoms with E-state index in [0.29, 0.717) is 6.54 Å². The third-order valence-electron chi connectivity index (χ3n) is 3.05. The van der Waals surface area contributed by atoms with Crippen molar-refractivity contribution in [3.8, 4) is 11.5 Å². The molecular weight excluding hydrogens is 316 g/mol. The fourth-order valence-corrected chi connectivity index (χ4v) is 2.37. The summed E-state index contributed by atoms with van der Waals surface area (Å²) in [7, 11) is 0. The molecule has 100 valence electrons. The molecule has 0 bridgehead atoms. The first kappa shape index (κ1) is 13.1. The summed E-state index contributed by atoms with van der Waals surface area (Å²) in [5.41, 5.74) is 7.62. The number of benzene rings is 2. The summed E-state index contributed by atoms with van der Waals surface area (Å²) in [4.78, 5) is 4.33. The lowest BCUT2D eigenvalue weighted by atomic mass is 10.2. The summed E-state index contributed by atoms with van der Waals surface area (Å²) in [5, 5.41) is 1.09. The van der Waals surface area contributed by atoms with Gasteiger partial charge in [-0.1, -0.05) is 28.1 Å². The second kappa shape index (κ2) is 5.61. The third-order valence-corrected chi connectivity index (χ3v) is 3.55. The Bertz CT molecular complexity index is 758. The molecule has 0 fully saturated rings. The number of rotatable bonds is 3. The van der Waals surface area contributed by atoms with Crippen LogP contribution in [0.5, 0.6) is 11.5 Å². The van der Waals surface area contributed by atoms with Crippen molar-refractivity contribution in [1.82, 2.24) is 4.98 Å². The molecule has 4 heteroatoms. The smallest absolute Gasteiger partial charge is 0.133 e. The molecule has 0 radical (unpaired) electrons. The van der Waals surface area contributed by atoms with Crippen LogP contribution in [-0.4, -0.2) is 4.98 Å². The molecule has 3 nitrogen and oxygen atoms in total. The van der Waals surface area contributed by atoms with Crippen LogP contribution in [0.1, 0.15) is 5.56 Å². The summed E-state index contributed by atoms with van der Waals surface area (Å²) in [5.74, 6) is 1.51. The molecule has 0 atom stereocenters. The summed E-state index contributed by atoms with van der Waals surface area (Å²) in [6.45, 7) is 0.439. The van der Waals surface area contributed by atoms with Crippen molar-refractivity contribution >= 4 is 26.8 Å². The van der Waals surface area contributed by atoms with Gasteiger partial charge in [-0.3, -0.25) is 4.98 Å². The number of nitrogens with two attached hydrogens (primary N) is 1. The number of hydrogen-bond acceptors (Lipinski definition) is 3. The molecular formula is C16H13BrN2O. The van der Waals surface area contributed by atoms with Gasteiger partial charge < -0.3 is 10.5 Å². The molecule has 0 unspecified atom stereocenters. The van der Waals surface area contributed by atoms with Gasteiger partial charge in [-0.2, -0.15) is 0 Å². The quantitative estimate of drug-likeness (QED) is 0.781. The standard InChI is InChI=1S/C16H13BrN2O/c17-13-5-3-12(10-18)16(8-13)20-14-6-4-11-2-1-7-19-15(11)9-14/h1-9H,10,18H2. The van der Waals surface area contributed by atoms with Gasteiger partial charge in [0.1, 0.15) is 11.5 Å². The van der Waals surface area contributed by atoms with Crippen LogP contribution in [0, 0.1) is 0 Å². The molecule has 3 rings (SSSR count). The first-order valence-electron chi connectivity index (χ1n) is 6.27. The van der Waals surface area contributed by atoms with Crippen molar-refractivity contribution in [2.45, 2.75) is 6.54 Å². The minimum absolute atomic E-state index is 0.439. The zero-order valence-electron chi connectivity index (χ0n) is 10.7. The van der Waals surface area contributed by atoms with Gasteiger partial charge in [0.15, 0.2) is 0 Å². The van der Waals surface area contributed by atoms with Crippen LogP contribution in [0.3, 0.4) is 0 Å². The molecule has 0 saturated carbocycles. The van der Waals surface area contributed by atoms with Crippen LogP contribution in [-0.2, 0) is 6.54 Å². The number of hydrogen-bond donors (Lipinski definition) is 1. The molecule has 0 aliphatic carbocycles. The van der Waals surface area contributed by atoms with E-state index in [0.717, 1.165) is 32.4 Å². The van der Waals surface area contributed by atoms with E-state index in [9.17, 15) is 0 Å². The average Bonchev–Trinajstić information content (AvgIpc) is 2.47. The van der Waals surface area contributed by atoms with Crippen molar-refractivity contribution < 1.29 is 4.74 Å². The molecule has 0 aliphatic rings. The zero-order valence-corrected chi connectivity index (χ0v) is 12.3. The maximum absolute atomic E-state index is 5.94. The molecule has 3 aromatic rings. The molecule has 20 heavy (non-hydrogen) atoms. The van der Waals surface area contributed by atoms with E-state index in [1.165, 1.54) is 0 Å². The van der Waals surface area contributed by atoms with Crippen LogP contribution < -0.4 is 10.5 Å². The third kappa shape index (κ3) is 2.66. The Morgan fingerprint density at radius 2 is 2.00 bits per heavy atom. The maximum atomic E-state index is 5.94. The summed E-state index contributed by atoms with van der Waals surface area (Å²) < 4.78 is 6.90. The van der Waals surface area contributed by atoms with Crippen LogP contribution in [0.4, 0.5) is 0 Å². The van der Waals surface area contributed by atoms with Crippen LogP contribution >= 0.6 is 15.9 Å².